The van der Waals surface area contributed by atoms with Crippen LogP contribution >= 0.6 is 0 Å². The van der Waals surface area contributed by atoms with E-state index in [0.29, 0.717) is 6.08 Å². The van der Waals surface area contributed by atoms with Crippen LogP contribution in [0.4, 0.5) is 26.3 Å². The fourth-order valence-electron chi connectivity index (χ4n) is 2.61. The van der Waals surface area contributed by atoms with E-state index in [-0.39, 0.29) is 30.1 Å². The Morgan fingerprint density at radius 1 is 1.12 bits per heavy atom. The molecule has 0 amide bonds. The van der Waals surface area contributed by atoms with E-state index in [1.807, 2.05) is 0 Å². The summed E-state index contributed by atoms with van der Waals surface area (Å²) in [6.45, 7) is -0.259. The molecule has 9 nitrogen and oxygen atoms in total. The molecule has 32 heavy (non-hydrogen) atoms. The van der Waals surface area contributed by atoms with Gasteiger partial charge in [-0.25, -0.2) is 4.79 Å². The molecule has 1 aliphatic rings. The molecule has 0 fully saturated rings. The molecular weight excluding hydrogens is 460 g/mol. The summed E-state index contributed by atoms with van der Waals surface area (Å²) in [5, 5.41) is 8.89. The van der Waals surface area contributed by atoms with Crippen molar-refractivity contribution < 1.29 is 60.0 Å². The molecule has 1 aromatic carbocycles. The highest BCUT2D eigenvalue weighted by Gasteiger charge is 2.49. The molecule has 2 rings (SSSR count). The summed E-state index contributed by atoms with van der Waals surface area (Å²) in [5.74, 6) is -2.52. The second-order valence-corrected chi connectivity index (χ2v) is 6.15. The molecule has 0 aromatic heterocycles. The average Bonchev–Trinajstić information content (AvgIpc) is 2.63. The van der Waals surface area contributed by atoms with Crippen molar-refractivity contribution in [3.05, 3.63) is 38.9 Å². The van der Waals surface area contributed by atoms with Crippen LogP contribution in [0, 0.1) is 17.0 Å². The van der Waals surface area contributed by atoms with Crippen molar-refractivity contribution in [2.45, 2.75) is 25.6 Å². The highest BCUT2D eigenvalue weighted by Crippen LogP contribution is 2.41. The van der Waals surface area contributed by atoms with Crippen LogP contribution in [0.1, 0.15) is 11.1 Å². The Hall–Kier alpha value is -3.23. The molecule has 1 atom stereocenters. The summed E-state index contributed by atoms with van der Waals surface area (Å²) in [5.41, 5.74) is -1.32. The van der Waals surface area contributed by atoms with Crippen molar-refractivity contribution in [3.8, 4) is 11.5 Å². The number of hydrogen-bond acceptors (Lipinski definition) is 8. The highest BCUT2D eigenvalue weighted by atomic mass is 19.4. The Bertz CT molecular complexity index is 883. The summed E-state index contributed by atoms with van der Waals surface area (Å²) < 4.78 is 95.9. The highest BCUT2D eigenvalue weighted by molar-refractivity contribution is 5.96. The number of carbonyl (C=O) groups excluding carboxylic acids is 1. The minimum atomic E-state index is -5.04. The van der Waals surface area contributed by atoms with Crippen molar-refractivity contribution in [2.75, 3.05) is 26.4 Å². The number of aryl methyl sites for hydroxylation is 1. The zero-order valence-electron chi connectivity index (χ0n) is 16.1. The number of carbonyl (C=O) groups is 1. The van der Waals surface area contributed by atoms with Crippen LogP contribution in [0.5, 0.6) is 11.5 Å². The van der Waals surface area contributed by atoms with Gasteiger partial charge in [0.15, 0.2) is 0 Å². The lowest BCUT2D eigenvalue weighted by atomic mass is 9.99. The van der Waals surface area contributed by atoms with Gasteiger partial charge >= 0.3 is 18.5 Å². The van der Waals surface area contributed by atoms with E-state index in [1.54, 1.807) is 0 Å². The maximum atomic E-state index is 13.4. The molecule has 15 heteroatoms. The summed E-state index contributed by atoms with van der Waals surface area (Å²) in [7, 11) is 0. The first kappa shape index (κ1) is 25.0. The van der Waals surface area contributed by atoms with Crippen LogP contribution in [0.15, 0.2) is 17.7 Å². The maximum Gasteiger partial charge on any atom is 0.573 e. The fourth-order valence-corrected chi connectivity index (χ4v) is 2.61. The molecule has 1 unspecified atom stereocenters. The van der Waals surface area contributed by atoms with E-state index in [1.165, 1.54) is 6.92 Å². The Morgan fingerprint density at radius 2 is 1.78 bits per heavy atom. The van der Waals surface area contributed by atoms with E-state index in [2.05, 4.69) is 9.57 Å². The molecule has 178 valence electrons. The summed E-state index contributed by atoms with van der Waals surface area (Å²) in [6.07, 6.45) is -12.1. The molecule has 0 aliphatic carbocycles. The number of alkyl halides is 6. The van der Waals surface area contributed by atoms with Gasteiger partial charge in [-0.3, -0.25) is 0 Å². The third-order valence-corrected chi connectivity index (χ3v) is 3.76. The van der Waals surface area contributed by atoms with Gasteiger partial charge in [0.1, 0.15) is 24.7 Å². The van der Waals surface area contributed by atoms with Crippen molar-refractivity contribution in [1.29, 1.82) is 0 Å². The van der Waals surface area contributed by atoms with Gasteiger partial charge in [-0.15, -0.1) is 23.3 Å². The number of hydrogen-bond donors (Lipinski definition) is 0. The SMILES string of the molecule is Cc1cc(OC(F)(F)F)cc2c1OC(C(F)(F)F)C(C(=O)OCCOCCO[N+](=O)[O-])=C2. The molecule has 1 aromatic rings. The molecular formula is C17H15F6NO8. The summed E-state index contributed by atoms with van der Waals surface area (Å²) in [6, 6.07) is 1.62. The zero-order chi connectivity index (χ0) is 24.1. The minimum Gasteiger partial charge on any atom is -0.475 e. The quantitative estimate of drug-likeness (QED) is 0.176. The molecule has 0 saturated heterocycles. The van der Waals surface area contributed by atoms with Crippen LogP contribution in [0.25, 0.3) is 6.08 Å². The number of halogens is 6. The average molecular weight is 475 g/mol. The monoisotopic (exact) mass is 475 g/mol. The molecule has 1 aliphatic heterocycles. The fraction of sp³-hybridized carbons (Fsp3) is 0.471. The van der Waals surface area contributed by atoms with Crippen molar-refractivity contribution in [2.24, 2.45) is 0 Å². The van der Waals surface area contributed by atoms with Crippen molar-refractivity contribution in [1.82, 2.24) is 0 Å². The first-order chi connectivity index (χ1) is 14.8. The first-order valence-electron chi connectivity index (χ1n) is 8.65. The van der Waals surface area contributed by atoms with E-state index < -0.39 is 54.2 Å². The van der Waals surface area contributed by atoms with Gasteiger partial charge in [0, 0.05) is 5.56 Å². The predicted molar refractivity (Wildman–Crippen MR) is 91.0 cm³/mol. The minimum absolute atomic E-state index is 0.0787. The van der Waals surface area contributed by atoms with Crippen LogP contribution < -0.4 is 9.47 Å². The normalized spacial score (nSPS) is 15.8. The Morgan fingerprint density at radius 3 is 2.38 bits per heavy atom. The van der Waals surface area contributed by atoms with Gasteiger partial charge in [-0.05, 0) is 30.7 Å². The van der Waals surface area contributed by atoms with Gasteiger partial charge in [0.05, 0.1) is 18.8 Å². The van der Waals surface area contributed by atoms with Gasteiger partial charge in [0.2, 0.25) is 6.10 Å². The van der Waals surface area contributed by atoms with Crippen LogP contribution in [-0.4, -0.2) is 56.1 Å². The zero-order valence-corrected chi connectivity index (χ0v) is 16.1. The lowest BCUT2D eigenvalue weighted by molar-refractivity contribution is -0.758. The van der Waals surface area contributed by atoms with Crippen LogP contribution in [-0.2, 0) is 19.1 Å². The standard InChI is InChI=1S/C17H15F6NO8/c1-9-6-11(32-17(21,22)23)7-10-8-12(14(16(18,19)20)31-13(9)10)15(25)29-4-2-28-3-5-30-24(26)27/h6-8,14H,2-5H2,1H3. The van der Waals surface area contributed by atoms with E-state index in [0.717, 1.165) is 12.1 Å². The largest absolute Gasteiger partial charge is 0.573 e. The number of fused-ring (bicyclic) bond motifs is 1. The van der Waals surface area contributed by atoms with Gasteiger partial charge in [-0.2, -0.15) is 13.2 Å². The van der Waals surface area contributed by atoms with Crippen molar-refractivity contribution >= 4 is 12.0 Å². The number of esters is 1. The predicted octanol–water partition coefficient (Wildman–Crippen LogP) is 3.37. The number of ether oxygens (including phenoxy) is 4. The maximum absolute atomic E-state index is 13.4. The Kier molecular flexibility index (Phi) is 7.77. The smallest absolute Gasteiger partial charge is 0.475 e. The summed E-state index contributed by atoms with van der Waals surface area (Å²) in [4.78, 5) is 26.1. The van der Waals surface area contributed by atoms with Gasteiger partial charge < -0.3 is 23.8 Å². The third-order valence-electron chi connectivity index (χ3n) is 3.76. The third kappa shape index (κ3) is 7.18. The van der Waals surface area contributed by atoms with Crippen molar-refractivity contribution in [3.63, 3.8) is 0 Å². The van der Waals surface area contributed by atoms with E-state index in [9.17, 15) is 41.3 Å². The lowest BCUT2D eigenvalue weighted by Gasteiger charge is -2.29. The number of nitrogens with zero attached hydrogens (tertiary/aromatic N) is 1. The molecule has 0 spiro atoms. The Balaban J connectivity index is 2.15. The second kappa shape index (κ2) is 9.93. The summed E-state index contributed by atoms with van der Waals surface area (Å²) >= 11 is 0. The molecule has 0 saturated carbocycles. The lowest BCUT2D eigenvalue weighted by Crippen LogP contribution is -2.41. The molecule has 0 N–H and O–H groups in total. The van der Waals surface area contributed by atoms with Crippen LogP contribution in [0.3, 0.4) is 0 Å². The van der Waals surface area contributed by atoms with Crippen LogP contribution in [0.2, 0.25) is 0 Å². The van der Waals surface area contributed by atoms with E-state index >= 15 is 0 Å². The number of rotatable bonds is 9. The molecule has 0 bridgehead atoms. The number of benzene rings is 1. The topological polar surface area (TPSA) is 106 Å². The first-order valence-corrected chi connectivity index (χ1v) is 8.65. The second-order valence-electron chi connectivity index (χ2n) is 6.15. The van der Waals surface area contributed by atoms with Gasteiger partial charge in [0.25, 0.3) is 5.09 Å². The molecule has 1 heterocycles. The van der Waals surface area contributed by atoms with Gasteiger partial charge in [-0.1, -0.05) is 0 Å². The molecule has 0 radical (unpaired) electrons. The Labute approximate surface area is 175 Å². The van der Waals surface area contributed by atoms with E-state index in [4.69, 9.17) is 14.2 Å².